The van der Waals surface area contributed by atoms with Gasteiger partial charge in [-0.3, -0.25) is 4.79 Å². The van der Waals surface area contributed by atoms with Crippen LogP contribution in [0.4, 0.5) is 5.69 Å². The molecule has 1 aromatic carbocycles. The van der Waals surface area contributed by atoms with Crippen LogP contribution in [0.25, 0.3) is 0 Å². The summed E-state index contributed by atoms with van der Waals surface area (Å²) in [5.41, 5.74) is 3.54. The van der Waals surface area contributed by atoms with Crippen molar-refractivity contribution < 1.29 is 9.63 Å². The molecule has 0 saturated heterocycles. The topological polar surface area (TPSA) is 41.9 Å². The number of fused-ring (bicyclic) bond motifs is 1. The number of hydrogen-bond donors (Lipinski definition) is 0. The van der Waals surface area contributed by atoms with Gasteiger partial charge < -0.3 is 9.40 Å². The molecule has 0 saturated carbocycles. The normalized spacial score (nSPS) is 17.0. The number of nitrogens with zero attached hydrogens (tertiary/aromatic N) is 2. The molecule has 1 heterocycles. The molecule has 0 fully saturated rings. The number of benzene rings is 1. The Morgan fingerprint density at radius 2 is 1.88 bits per heavy atom. The lowest BCUT2D eigenvalue weighted by atomic mass is 9.99. The maximum atomic E-state index is 13.2. The maximum Gasteiger partial charge on any atom is 0.273 e. The summed E-state index contributed by atoms with van der Waals surface area (Å²) in [6.45, 7) is 17.8. The third kappa shape index (κ3) is 3.01. The fourth-order valence-corrected chi connectivity index (χ4v) is 4.82. The first kappa shape index (κ1) is 18.7. The zero-order chi connectivity index (χ0) is 18.3. The second kappa shape index (κ2) is 6.35. The van der Waals surface area contributed by atoms with Crippen LogP contribution in [0.15, 0.2) is 23.4 Å². The van der Waals surface area contributed by atoms with E-state index in [-0.39, 0.29) is 10.9 Å². The predicted molar refractivity (Wildman–Crippen MR) is 103 cm³/mol. The standard InChI is InChI=1S/C19H30N2O2Si/c1-9-23-20-17-15-12-14(13(2)3)10-11-16(15)21(18(17)22)24(7,8)19(4,5)6/h10-13H,9H2,1-8H3/b20-17+. The fraction of sp³-hybridized carbons (Fsp3) is 0.579. The number of carbonyl (C=O) groups excluding carboxylic acids is 1. The molecule has 0 bridgehead atoms. The van der Waals surface area contributed by atoms with Gasteiger partial charge in [0.25, 0.3) is 5.91 Å². The van der Waals surface area contributed by atoms with Crippen LogP contribution < -0.4 is 4.57 Å². The van der Waals surface area contributed by atoms with Crippen LogP contribution in [0.1, 0.15) is 58.6 Å². The monoisotopic (exact) mass is 346 g/mol. The Balaban J connectivity index is 2.65. The highest BCUT2D eigenvalue weighted by Crippen LogP contribution is 2.44. The molecule has 4 nitrogen and oxygen atoms in total. The molecule has 0 aromatic heterocycles. The van der Waals surface area contributed by atoms with Crippen LogP contribution in [0, 0.1) is 0 Å². The minimum Gasteiger partial charge on any atom is -0.395 e. The highest BCUT2D eigenvalue weighted by molar-refractivity contribution is 6.90. The molecule has 1 amide bonds. The maximum absolute atomic E-state index is 13.2. The Hall–Kier alpha value is -1.62. The van der Waals surface area contributed by atoms with Crippen LogP contribution in [-0.4, -0.2) is 26.5 Å². The van der Waals surface area contributed by atoms with E-state index in [0.29, 0.717) is 18.2 Å². The van der Waals surface area contributed by atoms with Crippen molar-refractivity contribution in [3.8, 4) is 0 Å². The predicted octanol–water partition coefficient (Wildman–Crippen LogP) is 4.90. The van der Waals surface area contributed by atoms with E-state index >= 15 is 0 Å². The summed E-state index contributed by atoms with van der Waals surface area (Å²) in [5.74, 6) is 0.381. The minimum absolute atomic E-state index is 0.0223. The van der Waals surface area contributed by atoms with Gasteiger partial charge in [0.2, 0.25) is 0 Å². The van der Waals surface area contributed by atoms with E-state index < -0.39 is 8.24 Å². The lowest BCUT2D eigenvalue weighted by Gasteiger charge is -2.43. The molecule has 132 valence electrons. The molecule has 0 atom stereocenters. The van der Waals surface area contributed by atoms with E-state index in [1.807, 2.05) is 11.5 Å². The van der Waals surface area contributed by atoms with Crippen molar-refractivity contribution in [2.75, 3.05) is 11.2 Å². The Morgan fingerprint density at radius 1 is 1.25 bits per heavy atom. The zero-order valence-electron chi connectivity index (χ0n) is 16.2. The van der Waals surface area contributed by atoms with Crippen molar-refractivity contribution >= 4 is 25.5 Å². The van der Waals surface area contributed by atoms with E-state index in [9.17, 15) is 4.79 Å². The molecule has 1 aromatic rings. The van der Waals surface area contributed by atoms with E-state index in [1.54, 1.807) is 0 Å². The number of hydrogen-bond acceptors (Lipinski definition) is 3. The van der Waals surface area contributed by atoms with Crippen LogP contribution >= 0.6 is 0 Å². The second-order valence-electron chi connectivity index (χ2n) is 8.24. The van der Waals surface area contributed by atoms with E-state index in [0.717, 1.165) is 11.3 Å². The first-order valence-corrected chi connectivity index (χ1v) is 11.7. The second-order valence-corrected chi connectivity index (χ2v) is 13.3. The molecule has 0 aliphatic carbocycles. The summed E-state index contributed by atoms with van der Waals surface area (Å²) < 4.78 is 2.02. The molecule has 0 radical (unpaired) electrons. The fourth-order valence-electron chi connectivity index (χ4n) is 2.74. The van der Waals surface area contributed by atoms with Gasteiger partial charge in [-0.05, 0) is 35.6 Å². The smallest absolute Gasteiger partial charge is 0.273 e. The zero-order valence-corrected chi connectivity index (χ0v) is 17.2. The summed E-state index contributed by atoms with van der Waals surface area (Å²) in [6, 6.07) is 6.31. The molecule has 1 aliphatic heterocycles. The quantitative estimate of drug-likeness (QED) is 0.574. The van der Waals surface area contributed by atoms with Gasteiger partial charge in [-0.1, -0.05) is 58.9 Å². The van der Waals surface area contributed by atoms with Crippen molar-refractivity contribution in [3.63, 3.8) is 0 Å². The lowest BCUT2D eigenvalue weighted by Crippen LogP contribution is -2.57. The molecular formula is C19H30N2O2Si. The number of amides is 1. The van der Waals surface area contributed by atoms with E-state index in [1.165, 1.54) is 5.56 Å². The Morgan fingerprint density at radius 3 is 2.38 bits per heavy atom. The van der Waals surface area contributed by atoms with Gasteiger partial charge in [0, 0.05) is 11.3 Å². The van der Waals surface area contributed by atoms with Crippen molar-refractivity contribution in [1.29, 1.82) is 0 Å². The lowest BCUT2D eigenvalue weighted by molar-refractivity contribution is -0.111. The Bertz CT molecular complexity index is 672. The van der Waals surface area contributed by atoms with Crippen LogP contribution in [0.2, 0.25) is 18.1 Å². The van der Waals surface area contributed by atoms with Gasteiger partial charge in [-0.2, -0.15) is 0 Å². The molecule has 0 spiro atoms. The van der Waals surface area contributed by atoms with Gasteiger partial charge >= 0.3 is 0 Å². The van der Waals surface area contributed by atoms with E-state index in [2.05, 4.69) is 71.1 Å². The SMILES string of the molecule is CCO/N=C1/C(=O)N([Si](C)(C)C(C)(C)C)c2ccc(C(C)C)cc21. The van der Waals surface area contributed by atoms with Gasteiger partial charge in [0.05, 0.1) is 0 Å². The van der Waals surface area contributed by atoms with E-state index in [4.69, 9.17) is 4.84 Å². The molecular weight excluding hydrogens is 316 g/mol. The summed E-state index contributed by atoms with van der Waals surface area (Å²) >= 11 is 0. The van der Waals surface area contributed by atoms with Crippen molar-refractivity contribution in [1.82, 2.24) is 0 Å². The number of anilines is 1. The average molecular weight is 347 g/mol. The summed E-state index contributed by atoms with van der Waals surface area (Å²) in [5, 5.41) is 4.21. The van der Waals surface area contributed by atoms with Gasteiger partial charge in [0.15, 0.2) is 13.9 Å². The first-order valence-electron chi connectivity index (χ1n) is 8.71. The number of rotatable bonds is 4. The average Bonchev–Trinajstić information content (AvgIpc) is 2.75. The largest absolute Gasteiger partial charge is 0.395 e. The van der Waals surface area contributed by atoms with Crippen LogP contribution in [0.5, 0.6) is 0 Å². The Kier molecular flexibility index (Phi) is 4.95. The van der Waals surface area contributed by atoms with Gasteiger partial charge in [-0.25, -0.2) is 0 Å². The molecule has 1 aliphatic rings. The van der Waals surface area contributed by atoms with Crippen molar-refractivity contribution in [2.45, 2.75) is 65.6 Å². The third-order valence-electron chi connectivity index (χ3n) is 5.27. The van der Waals surface area contributed by atoms with Gasteiger partial charge in [-0.15, -0.1) is 0 Å². The molecule has 5 heteroatoms. The molecule has 24 heavy (non-hydrogen) atoms. The summed E-state index contributed by atoms with van der Waals surface area (Å²) in [6.07, 6.45) is 0. The number of oxime groups is 1. The summed E-state index contributed by atoms with van der Waals surface area (Å²) in [4.78, 5) is 18.4. The van der Waals surface area contributed by atoms with Crippen LogP contribution in [0.3, 0.4) is 0 Å². The minimum atomic E-state index is -2.06. The highest BCUT2D eigenvalue weighted by Gasteiger charge is 2.49. The summed E-state index contributed by atoms with van der Waals surface area (Å²) in [7, 11) is -2.06. The van der Waals surface area contributed by atoms with Crippen molar-refractivity contribution in [3.05, 3.63) is 29.3 Å². The third-order valence-corrected chi connectivity index (χ3v) is 10.5. The van der Waals surface area contributed by atoms with Gasteiger partial charge in [0.1, 0.15) is 6.61 Å². The molecule has 0 N–H and O–H groups in total. The molecule has 0 unspecified atom stereocenters. The first-order chi connectivity index (χ1) is 11.0. The highest BCUT2D eigenvalue weighted by atomic mass is 28.3. The van der Waals surface area contributed by atoms with Crippen molar-refractivity contribution in [2.24, 2.45) is 5.16 Å². The molecule has 2 rings (SSSR count). The van der Waals surface area contributed by atoms with Crippen LogP contribution in [-0.2, 0) is 9.63 Å². The number of carbonyl (C=O) groups is 1. The Labute approximate surface area is 147 Å².